The van der Waals surface area contributed by atoms with Gasteiger partial charge in [-0.05, 0) is 52.1 Å². The molecule has 1 rings (SSSR count). The van der Waals surface area contributed by atoms with Crippen LogP contribution in [0.15, 0.2) is 0 Å². The normalized spacial score (nSPS) is 31.5. The van der Waals surface area contributed by atoms with E-state index in [2.05, 4.69) is 39.8 Å². The number of hydrogen-bond donors (Lipinski definition) is 0. The van der Waals surface area contributed by atoms with Crippen molar-refractivity contribution in [2.24, 2.45) is 11.8 Å². The first-order valence-electron chi connectivity index (χ1n) is 7.15. The zero-order valence-corrected chi connectivity index (χ0v) is 12.3. The number of carbonyl (C=O) groups is 1. The monoisotopic (exact) mass is 239 g/mol. The van der Waals surface area contributed by atoms with Crippen molar-refractivity contribution in [2.45, 2.75) is 64.8 Å². The predicted molar refractivity (Wildman–Crippen MR) is 73.1 cm³/mol. The lowest BCUT2D eigenvalue weighted by Crippen LogP contribution is -2.55. The van der Waals surface area contributed by atoms with Crippen molar-refractivity contribution in [1.82, 2.24) is 4.90 Å². The number of rotatable bonds is 5. The average Bonchev–Trinajstić information content (AvgIpc) is 2.29. The van der Waals surface area contributed by atoms with Crippen molar-refractivity contribution in [3.05, 3.63) is 0 Å². The van der Waals surface area contributed by atoms with E-state index in [4.69, 9.17) is 0 Å². The zero-order valence-electron chi connectivity index (χ0n) is 12.3. The maximum Gasteiger partial charge on any atom is 0.155 e. The Balaban J connectivity index is 2.81. The van der Waals surface area contributed by atoms with Crippen LogP contribution in [0.5, 0.6) is 0 Å². The molecule has 0 aromatic carbocycles. The van der Waals surface area contributed by atoms with E-state index in [-0.39, 0.29) is 11.5 Å². The van der Waals surface area contributed by atoms with E-state index in [9.17, 15) is 4.79 Å². The summed E-state index contributed by atoms with van der Waals surface area (Å²) >= 11 is 0. The Morgan fingerprint density at radius 3 is 2.29 bits per heavy atom. The molecule has 0 N–H and O–H groups in total. The standard InChI is InChI=1S/C15H29NO/c1-6-7-13(3)14(17)15(16(4)5)10-8-12(2)9-11-15/h12-13H,6-11H2,1-5H3. The fourth-order valence-electron chi connectivity index (χ4n) is 3.18. The molecule has 0 aromatic rings. The highest BCUT2D eigenvalue weighted by atomic mass is 16.1. The summed E-state index contributed by atoms with van der Waals surface area (Å²) in [5.74, 6) is 1.49. The van der Waals surface area contributed by atoms with Gasteiger partial charge in [0.2, 0.25) is 0 Å². The molecule has 0 spiro atoms. The lowest BCUT2D eigenvalue weighted by atomic mass is 9.71. The van der Waals surface area contributed by atoms with Gasteiger partial charge in [-0.25, -0.2) is 0 Å². The van der Waals surface area contributed by atoms with Gasteiger partial charge in [0.25, 0.3) is 0 Å². The van der Waals surface area contributed by atoms with Crippen LogP contribution in [0.3, 0.4) is 0 Å². The topological polar surface area (TPSA) is 20.3 Å². The van der Waals surface area contributed by atoms with E-state index in [1.165, 1.54) is 12.8 Å². The molecule has 0 saturated heterocycles. The van der Waals surface area contributed by atoms with Crippen molar-refractivity contribution >= 4 is 5.78 Å². The van der Waals surface area contributed by atoms with E-state index < -0.39 is 0 Å². The van der Waals surface area contributed by atoms with E-state index >= 15 is 0 Å². The second-order valence-electron chi connectivity index (χ2n) is 6.16. The maximum atomic E-state index is 12.7. The molecule has 0 aliphatic heterocycles. The van der Waals surface area contributed by atoms with E-state index in [1.807, 2.05) is 0 Å². The lowest BCUT2D eigenvalue weighted by Gasteiger charge is -2.44. The van der Waals surface area contributed by atoms with Crippen LogP contribution in [0.25, 0.3) is 0 Å². The summed E-state index contributed by atoms with van der Waals surface area (Å²) in [6.45, 7) is 6.57. The van der Waals surface area contributed by atoms with Crippen LogP contribution in [0.1, 0.15) is 59.3 Å². The van der Waals surface area contributed by atoms with Crippen LogP contribution in [0, 0.1) is 11.8 Å². The van der Waals surface area contributed by atoms with Gasteiger partial charge in [0, 0.05) is 5.92 Å². The molecule has 1 aliphatic carbocycles. The zero-order chi connectivity index (χ0) is 13.1. The maximum absolute atomic E-state index is 12.7. The van der Waals surface area contributed by atoms with Crippen LogP contribution in [0.2, 0.25) is 0 Å². The molecule has 0 radical (unpaired) electrons. The van der Waals surface area contributed by atoms with Crippen molar-refractivity contribution in [2.75, 3.05) is 14.1 Å². The number of carbonyl (C=O) groups excluding carboxylic acids is 1. The smallest absolute Gasteiger partial charge is 0.155 e. The van der Waals surface area contributed by atoms with Gasteiger partial charge >= 0.3 is 0 Å². The third kappa shape index (κ3) is 3.09. The highest BCUT2D eigenvalue weighted by molar-refractivity contribution is 5.90. The van der Waals surface area contributed by atoms with Crippen molar-refractivity contribution in [3.8, 4) is 0 Å². The fraction of sp³-hybridized carbons (Fsp3) is 0.933. The van der Waals surface area contributed by atoms with Gasteiger partial charge in [0.15, 0.2) is 5.78 Å². The van der Waals surface area contributed by atoms with Gasteiger partial charge in [-0.15, -0.1) is 0 Å². The highest BCUT2D eigenvalue weighted by Crippen LogP contribution is 2.38. The molecule has 1 unspecified atom stereocenters. The van der Waals surface area contributed by atoms with Gasteiger partial charge in [-0.3, -0.25) is 9.69 Å². The molecule has 0 bridgehead atoms. The molecular weight excluding hydrogens is 210 g/mol. The molecule has 0 aromatic heterocycles. The highest BCUT2D eigenvalue weighted by Gasteiger charge is 2.43. The Morgan fingerprint density at radius 1 is 1.35 bits per heavy atom. The van der Waals surface area contributed by atoms with Crippen LogP contribution >= 0.6 is 0 Å². The Hall–Kier alpha value is -0.370. The van der Waals surface area contributed by atoms with Crippen molar-refractivity contribution < 1.29 is 4.79 Å². The number of likely N-dealkylation sites (N-methyl/N-ethyl adjacent to an activating group) is 1. The summed E-state index contributed by atoms with van der Waals surface area (Å²) in [6, 6.07) is 0. The molecule has 2 nitrogen and oxygen atoms in total. The van der Waals surface area contributed by atoms with E-state index in [1.54, 1.807) is 0 Å². The second-order valence-corrected chi connectivity index (χ2v) is 6.16. The molecule has 100 valence electrons. The molecule has 1 aliphatic rings. The molecule has 0 amide bonds. The van der Waals surface area contributed by atoms with Crippen LogP contribution in [-0.2, 0) is 4.79 Å². The Kier molecular flexibility index (Phi) is 5.18. The minimum Gasteiger partial charge on any atom is -0.297 e. The minimum absolute atomic E-state index is 0.166. The van der Waals surface area contributed by atoms with Crippen LogP contribution in [0.4, 0.5) is 0 Å². The number of nitrogens with zero attached hydrogens (tertiary/aromatic N) is 1. The van der Waals surface area contributed by atoms with Gasteiger partial charge in [-0.1, -0.05) is 27.2 Å². The van der Waals surface area contributed by atoms with Gasteiger partial charge in [0.05, 0.1) is 5.54 Å². The first-order valence-corrected chi connectivity index (χ1v) is 7.15. The average molecular weight is 239 g/mol. The predicted octanol–water partition coefficient (Wildman–Crippen LogP) is 3.50. The molecule has 1 saturated carbocycles. The minimum atomic E-state index is -0.166. The molecule has 2 heteroatoms. The molecule has 1 atom stereocenters. The first kappa shape index (κ1) is 14.7. The Labute approximate surface area is 107 Å². The molecule has 0 heterocycles. The largest absolute Gasteiger partial charge is 0.297 e. The summed E-state index contributed by atoms with van der Waals surface area (Å²) in [7, 11) is 4.15. The third-order valence-corrected chi connectivity index (χ3v) is 4.59. The third-order valence-electron chi connectivity index (χ3n) is 4.59. The van der Waals surface area contributed by atoms with E-state index in [0.29, 0.717) is 5.78 Å². The Bertz CT molecular complexity index is 252. The molecule has 17 heavy (non-hydrogen) atoms. The van der Waals surface area contributed by atoms with Gasteiger partial charge in [-0.2, -0.15) is 0 Å². The lowest BCUT2D eigenvalue weighted by molar-refractivity contribution is -0.136. The van der Waals surface area contributed by atoms with Crippen LogP contribution < -0.4 is 0 Å². The fourth-order valence-corrected chi connectivity index (χ4v) is 3.18. The summed E-state index contributed by atoms with van der Waals surface area (Å²) in [5.41, 5.74) is -0.166. The van der Waals surface area contributed by atoms with E-state index in [0.717, 1.165) is 31.6 Å². The van der Waals surface area contributed by atoms with Crippen molar-refractivity contribution in [1.29, 1.82) is 0 Å². The van der Waals surface area contributed by atoms with Crippen molar-refractivity contribution in [3.63, 3.8) is 0 Å². The van der Waals surface area contributed by atoms with Crippen LogP contribution in [-0.4, -0.2) is 30.3 Å². The second kappa shape index (κ2) is 5.99. The first-order chi connectivity index (χ1) is 7.94. The quantitative estimate of drug-likeness (QED) is 0.732. The Morgan fingerprint density at radius 2 is 1.88 bits per heavy atom. The summed E-state index contributed by atoms with van der Waals surface area (Å²) in [6.07, 6.45) is 6.63. The number of ketones is 1. The summed E-state index contributed by atoms with van der Waals surface area (Å²) in [4.78, 5) is 14.9. The summed E-state index contributed by atoms with van der Waals surface area (Å²) < 4.78 is 0. The van der Waals surface area contributed by atoms with Gasteiger partial charge < -0.3 is 0 Å². The summed E-state index contributed by atoms with van der Waals surface area (Å²) in [5, 5.41) is 0. The SMILES string of the molecule is CCCC(C)C(=O)C1(N(C)C)CCC(C)CC1. The molecular formula is C15H29NO. The number of hydrogen-bond acceptors (Lipinski definition) is 2. The van der Waals surface area contributed by atoms with Gasteiger partial charge in [0.1, 0.15) is 0 Å². The number of Topliss-reactive ketones (excluding diaryl/α,β-unsaturated/α-hetero) is 1. The molecule has 1 fully saturated rings.